The van der Waals surface area contributed by atoms with Crippen LogP contribution in [0.4, 0.5) is 5.69 Å². The molecule has 0 N–H and O–H groups in total. The molecule has 0 amide bonds. The van der Waals surface area contributed by atoms with Gasteiger partial charge in [-0.05, 0) is 36.8 Å². The van der Waals surface area contributed by atoms with Gasteiger partial charge in [0.05, 0.1) is 6.54 Å². The van der Waals surface area contributed by atoms with E-state index in [1.165, 1.54) is 5.69 Å². The molecular formula is C25H33ClN5NaO2. The molecule has 0 atom stereocenters. The predicted molar refractivity (Wildman–Crippen MR) is 140 cm³/mol. The van der Waals surface area contributed by atoms with Crippen LogP contribution in [-0.4, -0.2) is 88.1 Å². The van der Waals surface area contributed by atoms with Crippen LogP contribution in [0.5, 0.6) is 5.75 Å². The van der Waals surface area contributed by atoms with Crippen molar-refractivity contribution in [3.63, 3.8) is 0 Å². The summed E-state index contributed by atoms with van der Waals surface area (Å²) in [5.74, 6) is 1.62. The molecule has 2 aromatic carbocycles. The number of ether oxygens (including phenoxy) is 1. The van der Waals surface area contributed by atoms with E-state index in [9.17, 15) is 4.79 Å². The van der Waals surface area contributed by atoms with Gasteiger partial charge in [-0.2, -0.15) is 5.10 Å². The van der Waals surface area contributed by atoms with Gasteiger partial charge in [-0.3, -0.25) is 9.47 Å². The summed E-state index contributed by atoms with van der Waals surface area (Å²) in [6.45, 7) is 8.54. The van der Waals surface area contributed by atoms with Crippen molar-refractivity contribution >= 4 is 46.8 Å². The van der Waals surface area contributed by atoms with Crippen molar-refractivity contribution in [1.82, 2.24) is 19.2 Å². The Hall–Kier alpha value is -1.77. The van der Waals surface area contributed by atoms with Crippen LogP contribution in [0.1, 0.15) is 19.2 Å². The Bertz CT molecular complexity index is 1080. The number of rotatable bonds is 10. The number of para-hydroxylation sites is 1. The Morgan fingerprint density at radius 3 is 2.44 bits per heavy atom. The van der Waals surface area contributed by atoms with E-state index < -0.39 is 0 Å². The summed E-state index contributed by atoms with van der Waals surface area (Å²) in [5.41, 5.74) is 1.14. The Morgan fingerprint density at radius 2 is 1.74 bits per heavy atom. The van der Waals surface area contributed by atoms with Crippen molar-refractivity contribution < 1.29 is 4.74 Å². The summed E-state index contributed by atoms with van der Waals surface area (Å²) in [6, 6.07) is 17.7. The topological polar surface area (TPSA) is 55.5 Å². The van der Waals surface area contributed by atoms with Gasteiger partial charge in [0.1, 0.15) is 18.2 Å². The van der Waals surface area contributed by atoms with E-state index in [-0.39, 0.29) is 35.2 Å². The maximum atomic E-state index is 12.9. The van der Waals surface area contributed by atoms with E-state index in [1.54, 1.807) is 9.25 Å². The minimum atomic E-state index is -0.0470. The van der Waals surface area contributed by atoms with Gasteiger partial charge in [-0.25, -0.2) is 9.48 Å². The molecule has 3 aromatic rings. The quantitative estimate of drug-likeness (QED) is 0.406. The Balaban J connectivity index is 0.00000324. The van der Waals surface area contributed by atoms with Crippen LogP contribution in [0.2, 0.25) is 5.02 Å². The van der Waals surface area contributed by atoms with Gasteiger partial charge >= 0.3 is 35.2 Å². The molecular weight excluding hydrogens is 461 g/mol. The minimum absolute atomic E-state index is 0. The summed E-state index contributed by atoms with van der Waals surface area (Å²) in [6.07, 6.45) is 1.62. The van der Waals surface area contributed by atoms with Crippen LogP contribution < -0.4 is 15.3 Å². The maximum absolute atomic E-state index is 12.9. The van der Waals surface area contributed by atoms with E-state index in [0.717, 1.165) is 62.2 Å². The number of hydrogen-bond acceptors (Lipinski definition) is 5. The molecule has 2 heterocycles. The molecule has 9 heteroatoms. The van der Waals surface area contributed by atoms with Gasteiger partial charge in [-0.15, -0.1) is 0 Å². The van der Waals surface area contributed by atoms with Crippen LogP contribution in [0.15, 0.2) is 59.4 Å². The molecule has 0 unspecified atom stereocenters. The summed E-state index contributed by atoms with van der Waals surface area (Å²) in [4.78, 5) is 17.7. The van der Waals surface area contributed by atoms with Crippen molar-refractivity contribution in [3.05, 3.63) is 75.9 Å². The number of nitrogens with zero attached hydrogens (tertiary/aromatic N) is 5. The molecule has 4 rings (SSSR count). The fraction of sp³-hybridized carbons (Fsp3) is 0.440. The first-order chi connectivity index (χ1) is 16.1. The van der Waals surface area contributed by atoms with Crippen molar-refractivity contribution in [2.24, 2.45) is 0 Å². The van der Waals surface area contributed by atoms with Gasteiger partial charge < -0.3 is 9.64 Å². The SMILES string of the molecule is CCc1nn(CCCN2CCN(c3cccc(Cl)c3)CC2)c(=O)n1CCOc1ccccc1.[NaH]. The van der Waals surface area contributed by atoms with Crippen LogP contribution >= 0.6 is 11.6 Å². The average molecular weight is 494 g/mol. The summed E-state index contributed by atoms with van der Waals surface area (Å²) >= 11 is 6.13. The van der Waals surface area contributed by atoms with Crippen molar-refractivity contribution in [2.75, 3.05) is 44.2 Å². The molecule has 1 aliphatic heterocycles. The van der Waals surface area contributed by atoms with E-state index in [4.69, 9.17) is 16.3 Å². The van der Waals surface area contributed by atoms with Gasteiger partial charge in [0.2, 0.25) is 0 Å². The van der Waals surface area contributed by atoms with Crippen LogP contribution in [0.3, 0.4) is 0 Å². The second-order valence-corrected chi connectivity index (χ2v) is 8.69. The van der Waals surface area contributed by atoms with Crippen LogP contribution in [0.25, 0.3) is 0 Å². The second kappa shape index (κ2) is 13.4. The predicted octanol–water partition coefficient (Wildman–Crippen LogP) is 2.90. The van der Waals surface area contributed by atoms with E-state index in [2.05, 4.69) is 21.0 Å². The number of aromatic nitrogens is 3. The monoisotopic (exact) mass is 493 g/mol. The van der Waals surface area contributed by atoms with Gasteiger partial charge in [0.15, 0.2) is 0 Å². The molecule has 1 fully saturated rings. The zero-order valence-electron chi connectivity index (χ0n) is 19.2. The second-order valence-electron chi connectivity index (χ2n) is 8.25. The number of hydrogen-bond donors (Lipinski definition) is 0. The first-order valence-corrected chi connectivity index (χ1v) is 12.1. The molecule has 0 aliphatic carbocycles. The first-order valence-electron chi connectivity index (χ1n) is 11.7. The van der Waals surface area contributed by atoms with Gasteiger partial charge in [-0.1, -0.05) is 42.8 Å². The summed E-state index contributed by atoms with van der Waals surface area (Å²) < 4.78 is 9.12. The summed E-state index contributed by atoms with van der Waals surface area (Å²) in [5, 5.41) is 5.34. The zero-order valence-corrected chi connectivity index (χ0v) is 20.0. The van der Waals surface area contributed by atoms with E-state index >= 15 is 0 Å². The fourth-order valence-corrected chi connectivity index (χ4v) is 4.42. The van der Waals surface area contributed by atoms with Crippen molar-refractivity contribution in [2.45, 2.75) is 32.9 Å². The first kappa shape index (κ1) is 26.8. The normalized spacial score (nSPS) is 14.1. The number of anilines is 1. The Kier molecular flexibility index (Phi) is 10.5. The molecule has 1 saturated heterocycles. The van der Waals surface area contributed by atoms with Gasteiger partial charge in [0, 0.05) is 56.4 Å². The Labute approximate surface area is 228 Å². The molecule has 178 valence electrons. The molecule has 1 aromatic heterocycles. The third-order valence-corrected chi connectivity index (χ3v) is 6.27. The van der Waals surface area contributed by atoms with Crippen molar-refractivity contribution in [3.8, 4) is 5.75 Å². The molecule has 0 radical (unpaired) electrons. The molecule has 0 spiro atoms. The third-order valence-electron chi connectivity index (χ3n) is 6.03. The number of benzene rings is 2. The van der Waals surface area contributed by atoms with Crippen LogP contribution in [0, 0.1) is 0 Å². The number of halogens is 1. The number of piperazine rings is 1. The van der Waals surface area contributed by atoms with E-state index in [1.807, 2.05) is 55.5 Å². The average Bonchev–Trinajstić information content (AvgIpc) is 3.15. The van der Waals surface area contributed by atoms with Crippen molar-refractivity contribution in [1.29, 1.82) is 0 Å². The molecule has 0 saturated carbocycles. The third kappa shape index (κ3) is 7.12. The zero-order chi connectivity index (χ0) is 23.0. The molecule has 34 heavy (non-hydrogen) atoms. The molecule has 1 aliphatic rings. The molecule has 7 nitrogen and oxygen atoms in total. The van der Waals surface area contributed by atoms with Crippen LogP contribution in [-0.2, 0) is 19.5 Å². The standard InChI is InChI=1S/C25H32ClN5O2.Na.H/c1-2-24-27-31(25(32)30(24)18-19-33-23-10-4-3-5-11-23)13-7-12-28-14-16-29(17-15-28)22-9-6-8-21(26)20-22;;/h3-6,8-11,20H,2,7,12-19H2,1H3;;. The van der Waals surface area contributed by atoms with Gasteiger partial charge in [0.25, 0.3) is 0 Å². The fourth-order valence-electron chi connectivity index (χ4n) is 4.24. The van der Waals surface area contributed by atoms with E-state index in [0.29, 0.717) is 19.7 Å². The summed E-state index contributed by atoms with van der Waals surface area (Å²) in [7, 11) is 0. The Morgan fingerprint density at radius 1 is 0.971 bits per heavy atom. The number of aryl methyl sites for hydroxylation is 2. The molecule has 0 bridgehead atoms.